The summed E-state index contributed by atoms with van der Waals surface area (Å²) < 4.78 is 15.6. The smallest absolute Gasteiger partial charge is 0.242 e. The van der Waals surface area contributed by atoms with Gasteiger partial charge in [0.2, 0.25) is 5.88 Å². The fraction of sp³-hybridized carbons (Fsp3) is 0.692. The number of ether oxygens (including phenoxy) is 3. The highest BCUT2D eigenvalue weighted by Gasteiger charge is 2.12. The number of methoxy groups -OCH3 is 2. The third-order valence-corrected chi connectivity index (χ3v) is 2.49. The van der Waals surface area contributed by atoms with E-state index >= 15 is 0 Å². The summed E-state index contributed by atoms with van der Waals surface area (Å²) in [7, 11) is 3.27. The van der Waals surface area contributed by atoms with Gasteiger partial charge in [-0.3, -0.25) is 0 Å². The average Bonchev–Trinajstić information content (AvgIpc) is 2.45. The normalized spacial score (nSPS) is 10.6. The first-order valence-corrected chi connectivity index (χ1v) is 6.73. The quantitative estimate of drug-likeness (QED) is 0.628. The number of nitrogens with two attached hydrogens (primary N) is 1. The fourth-order valence-electron chi connectivity index (χ4n) is 1.55. The summed E-state index contributed by atoms with van der Waals surface area (Å²) in [6.07, 6.45) is 1.75. The predicted octanol–water partition coefficient (Wildman–Crippen LogP) is 1.44. The van der Waals surface area contributed by atoms with Crippen molar-refractivity contribution < 1.29 is 14.2 Å². The van der Waals surface area contributed by atoms with Crippen molar-refractivity contribution in [2.24, 2.45) is 0 Å². The van der Waals surface area contributed by atoms with E-state index in [1.54, 1.807) is 14.2 Å². The Labute approximate surface area is 119 Å². The number of nitrogens with one attached hydrogen (secondary N) is 1. The minimum Gasteiger partial charge on any atom is -0.476 e. The molecule has 0 fully saturated rings. The molecule has 1 aromatic rings. The highest BCUT2D eigenvalue weighted by Crippen LogP contribution is 2.26. The van der Waals surface area contributed by atoms with Crippen molar-refractivity contribution in [3.8, 4) is 5.88 Å². The van der Waals surface area contributed by atoms with Crippen molar-refractivity contribution in [2.75, 3.05) is 45.0 Å². The lowest BCUT2D eigenvalue weighted by Crippen LogP contribution is -2.13. The van der Waals surface area contributed by atoms with Crippen LogP contribution in [0.5, 0.6) is 5.88 Å². The van der Waals surface area contributed by atoms with Gasteiger partial charge in [0, 0.05) is 27.4 Å². The lowest BCUT2D eigenvalue weighted by molar-refractivity contribution is 0.176. The van der Waals surface area contributed by atoms with Crippen LogP contribution in [0.1, 0.15) is 25.6 Å². The Balaban J connectivity index is 2.80. The summed E-state index contributed by atoms with van der Waals surface area (Å²) in [6.45, 7) is 4.31. The van der Waals surface area contributed by atoms with Crippen LogP contribution in [0.2, 0.25) is 0 Å². The summed E-state index contributed by atoms with van der Waals surface area (Å²) in [6, 6.07) is 0. The van der Waals surface area contributed by atoms with Crippen LogP contribution in [0.25, 0.3) is 0 Å². The first-order chi connectivity index (χ1) is 9.72. The summed E-state index contributed by atoms with van der Waals surface area (Å²) in [5.74, 6) is 1.53. The van der Waals surface area contributed by atoms with Crippen molar-refractivity contribution in [3.05, 3.63) is 5.82 Å². The molecule has 0 unspecified atom stereocenters. The largest absolute Gasteiger partial charge is 0.476 e. The van der Waals surface area contributed by atoms with Crippen LogP contribution < -0.4 is 15.8 Å². The van der Waals surface area contributed by atoms with E-state index in [0.29, 0.717) is 49.6 Å². The van der Waals surface area contributed by atoms with Crippen molar-refractivity contribution >= 4 is 11.5 Å². The Bertz CT molecular complexity index is 401. The molecule has 0 aromatic carbocycles. The molecule has 1 rings (SSSR count). The number of nitrogens with zero attached hydrogens (tertiary/aromatic N) is 2. The second-order valence-corrected chi connectivity index (χ2v) is 4.26. The topological polar surface area (TPSA) is 91.5 Å². The van der Waals surface area contributed by atoms with Gasteiger partial charge >= 0.3 is 0 Å². The van der Waals surface area contributed by atoms with Gasteiger partial charge in [-0.1, -0.05) is 6.92 Å². The van der Waals surface area contributed by atoms with E-state index in [-0.39, 0.29) is 0 Å². The molecule has 3 N–H and O–H groups in total. The molecule has 0 aliphatic carbocycles. The van der Waals surface area contributed by atoms with E-state index < -0.39 is 0 Å². The molecule has 0 bridgehead atoms. The molecule has 0 aliphatic heterocycles. The highest BCUT2D eigenvalue weighted by molar-refractivity contribution is 5.66. The van der Waals surface area contributed by atoms with Crippen LogP contribution in [0.15, 0.2) is 0 Å². The molecule has 7 heteroatoms. The van der Waals surface area contributed by atoms with E-state index in [4.69, 9.17) is 19.9 Å². The molecule has 0 amide bonds. The first-order valence-electron chi connectivity index (χ1n) is 6.73. The zero-order chi connectivity index (χ0) is 14.8. The number of hydrogen-bond acceptors (Lipinski definition) is 7. The molecule has 114 valence electrons. The average molecular weight is 284 g/mol. The Morgan fingerprint density at radius 2 is 1.95 bits per heavy atom. The second-order valence-electron chi connectivity index (χ2n) is 4.26. The molecule has 0 saturated heterocycles. The number of aromatic nitrogens is 2. The van der Waals surface area contributed by atoms with Gasteiger partial charge in [-0.25, -0.2) is 4.98 Å². The zero-order valence-corrected chi connectivity index (χ0v) is 12.4. The van der Waals surface area contributed by atoms with Crippen LogP contribution in [0, 0.1) is 0 Å². The van der Waals surface area contributed by atoms with Crippen LogP contribution >= 0.6 is 0 Å². The lowest BCUT2D eigenvalue weighted by atomic mass is 10.4. The van der Waals surface area contributed by atoms with E-state index in [2.05, 4.69) is 15.3 Å². The van der Waals surface area contributed by atoms with Gasteiger partial charge in [0.05, 0.1) is 6.61 Å². The standard InChI is InChI=1S/C13H24N4O3/c1-4-7-20-13-11(14)12(15-6-5-8-18-2)16-10(17-13)9-19-3/h4-9,14H2,1-3H3,(H,15,16,17). The van der Waals surface area contributed by atoms with Crippen LogP contribution in [0.4, 0.5) is 11.5 Å². The maximum Gasteiger partial charge on any atom is 0.242 e. The monoisotopic (exact) mass is 284 g/mol. The minimum atomic E-state index is 0.315. The van der Waals surface area contributed by atoms with Gasteiger partial charge in [0.15, 0.2) is 11.6 Å². The van der Waals surface area contributed by atoms with E-state index in [1.165, 1.54) is 0 Å². The Kier molecular flexibility index (Phi) is 7.67. The Hall–Kier alpha value is -1.60. The van der Waals surface area contributed by atoms with Gasteiger partial charge in [0.25, 0.3) is 0 Å². The molecule has 0 atom stereocenters. The van der Waals surface area contributed by atoms with Crippen molar-refractivity contribution in [3.63, 3.8) is 0 Å². The number of hydrogen-bond donors (Lipinski definition) is 2. The first kappa shape index (κ1) is 16.5. The Morgan fingerprint density at radius 3 is 2.60 bits per heavy atom. The summed E-state index contributed by atoms with van der Waals surface area (Å²) in [4.78, 5) is 8.59. The van der Waals surface area contributed by atoms with Crippen molar-refractivity contribution in [1.29, 1.82) is 0 Å². The minimum absolute atomic E-state index is 0.315. The van der Waals surface area contributed by atoms with Gasteiger partial charge in [-0.2, -0.15) is 4.98 Å². The van der Waals surface area contributed by atoms with E-state index in [1.807, 2.05) is 6.92 Å². The molecule has 7 nitrogen and oxygen atoms in total. The second kappa shape index (κ2) is 9.33. The molecule has 0 radical (unpaired) electrons. The van der Waals surface area contributed by atoms with Gasteiger partial charge < -0.3 is 25.3 Å². The number of anilines is 2. The SMILES string of the molecule is CCCOc1nc(COC)nc(NCCCOC)c1N. The maximum absolute atomic E-state index is 6.02. The predicted molar refractivity (Wildman–Crippen MR) is 77.9 cm³/mol. The molecular formula is C13H24N4O3. The molecule has 1 heterocycles. The molecular weight excluding hydrogens is 260 g/mol. The third-order valence-electron chi connectivity index (χ3n) is 2.49. The zero-order valence-electron chi connectivity index (χ0n) is 12.4. The van der Waals surface area contributed by atoms with E-state index in [9.17, 15) is 0 Å². The molecule has 0 aliphatic rings. The molecule has 1 aromatic heterocycles. The third kappa shape index (κ3) is 5.18. The van der Waals surface area contributed by atoms with Gasteiger partial charge in [0.1, 0.15) is 12.3 Å². The molecule has 20 heavy (non-hydrogen) atoms. The van der Waals surface area contributed by atoms with Gasteiger partial charge in [-0.05, 0) is 12.8 Å². The molecule has 0 spiro atoms. The summed E-state index contributed by atoms with van der Waals surface area (Å²) in [5, 5.41) is 3.17. The van der Waals surface area contributed by atoms with E-state index in [0.717, 1.165) is 12.8 Å². The fourth-order valence-corrected chi connectivity index (χ4v) is 1.55. The molecule has 0 saturated carbocycles. The summed E-state index contributed by atoms with van der Waals surface area (Å²) >= 11 is 0. The van der Waals surface area contributed by atoms with Crippen molar-refractivity contribution in [1.82, 2.24) is 9.97 Å². The number of rotatable bonds is 10. The van der Waals surface area contributed by atoms with Crippen LogP contribution in [-0.2, 0) is 16.1 Å². The highest BCUT2D eigenvalue weighted by atomic mass is 16.5. The number of nitrogen functional groups attached to an aromatic ring is 1. The Morgan fingerprint density at radius 1 is 1.15 bits per heavy atom. The van der Waals surface area contributed by atoms with Crippen molar-refractivity contribution in [2.45, 2.75) is 26.4 Å². The summed E-state index contributed by atoms with van der Waals surface area (Å²) in [5.41, 5.74) is 6.45. The maximum atomic E-state index is 6.02. The van der Waals surface area contributed by atoms with Crippen LogP contribution in [-0.4, -0.2) is 43.9 Å². The lowest BCUT2D eigenvalue weighted by Gasteiger charge is -2.13. The van der Waals surface area contributed by atoms with Crippen LogP contribution in [0.3, 0.4) is 0 Å². The van der Waals surface area contributed by atoms with Gasteiger partial charge in [-0.15, -0.1) is 0 Å².